The van der Waals surface area contributed by atoms with Gasteiger partial charge in [0.25, 0.3) is 0 Å². The van der Waals surface area contributed by atoms with E-state index >= 15 is 0 Å². The van der Waals surface area contributed by atoms with Gasteiger partial charge in [0.2, 0.25) is 0 Å². The second-order valence-corrected chi connectivity index (χ2v) is 6.44. The second-order valence-electron chi connectivity index (χ2n) is 5.09. The zero-order valence-corrected chi connectivity index (χ0v) is 14.1. The van der Waals surface area contributed by atoms with Gasteiger partial charge in [-0.3, -0.25) is 0 Å². The summed E-state index contributed by atoms with van der Waals surface area (Å²) < 4.78 is 0. The molecule has 0 aromatic heterocycles. The molecule has 0 aliphatic heterocycles. The number of halogens is 2. The quantitative estimate of drug-likeness (QED) is 0.584. The molecule has 0 fully saturated rings. The number of rotatable bonds is 2. The second kappa shape index (κ2) is 5.68. The lowest BCUT2D eigenvalue weighted by Gasteiger charge is -2.20. The van der Waals surface area contributed by atoms with E-state index < -0.39 is 0 Å². The fraction of sp³-hybridized carbons (Fsp3) is 0.294. The normalized spacial score (nSPS) is 12.5. The lowest BCUT2D eigenvalue weighted by molar-refractivity contribution is 1.08. The summed E-state index contributed by atoms with van der Waals surface area (Å²) >= 11 is 9.94. The molecule has 0 N–H and O–H groups in total. The molecule has 0 aliphatic rings. The van der Waals surface area contributed by atoms with Crippen molar-refractivity contribution in [3.05, 3.63) is 68.7 Å². The van der Waals surface area contributed by atoms with Crippen LogP contribution in [0.2, 0.25) is 5.02 Å². The first-order valence-electron chi connectivity index (χ1n) is 6.38. The van der Waals surface area contributed by atoms with Crippen LogP contribution >= 0.6 is 27.5 Å². The van der Waals surface area contributed by atoms with E-state index in [1.54, 1.807) is 0 Å². The fourth-order valence-corrected chi connectivity index (χ4v) is 3.63. The molecule has 0 radical (unpaired) electrons. The van der Waals surface area contributed by atoms with Gasteiger partial charge in [0.05, 0.1) is 4.83 Å². The maximum Gasteiger partial charge on any atom is 0.0650 e. The van der Waals surface area contributed by atoms with Gasteiger partial charge in [-0.2, -0.15) is 0 Å². The zero-order chi connectivity index (χ0) is 14.2. The molecule has 0 nitrogen and oxygen atoms in total. The Kier molecular flexibility index (Phi) is 4.37. The summed E-state index contributed by atoms with van der Waals surface area (Å²) in [6.45, 7) is 8.72. The van der Waals surface area contributed by atoms with Crippen LogP contribution in [0.3, 0.4) is 0 Å². The number of alkyl halides is 1. The molecule has 0 saturated carbocycles. The molecular weight excluding hydrogens is 320 g/mol. The van der Waals surface area contributed by atoms with Gasteiger partial charge in [0.1, 0.15) is 0 Å². The van der Waals surface area contributed by atoms with Gasteiger partial charge in [-0.15, -0.1) is 0 Å². The summed E-state index contributed by atoms with van der Waals surface area (Å²) in [7, 11) is 0. The van der Waals surface area contributed by atoms with Crippen LogP contribution in [0.5, 0.6) is 0 Å². The van der Waals surface area contributed by atoms with Crippen molar-refractivity contribution in [1.29, 1.82) is 0 Å². The van der Waals surface area contributed by atoms with Crippen LogP contribution in [0.15, 0.2) is 30.3 Å². The highest BCUT2D eigenvalue weighted by Gasteiger charge is 2.18. The molecular formula is C17H18BrCl. The van der Waals surface area contributed by atoms with Gasteiger partial charge in [-0.25, -0.2) is 0 Å². The highest BCUT2D eigenvalue weighted by Crippen LogP contribution is 2.37. The molecule has 2 aromatic rings. The van der Waals surface area contributed by atoms with Crippen molar-refractivity contribution in [2.45, 2.75) is 32.5 Å². The van der Waals surface area contributed by atoms with Crippen molar-refractivity contribution < 1.29 is 0 Å². The first-order chi connectivity index (χ1) is 8.91. The van der Waals surface area contributed by atoms with Crippen LogP contribution in [0.25, 0.3) is 0 Å². The Morgan fingerprint density at radius 1 is 0.947 bits per heavy atom. The summed E-state index contributed by atoms with van der Waals surface area (Å²) in [4.78, 5) is 0.185. The smallest absolute Gasteiger partial charge is 0.0650 e. The van der Waals surface area contributed by atoms with Crippen molar-refractivity contribution in [3.8, 4) is 0 Å². The Bertz CT molecular complexity index is 591. The lowest BCUT2D eigenvalue weighted by atomic mass is 9.90. The Labute approximate surface area is 128 Å². The maximum absolute atomic E-state index is 6.10. The standard InChI is InChI=1S/C17H18BrCl/c1-10-8-11(2)13(4)16(12(10)3)17(18)14-6-5-7-15(19)9-14/h5-9,17H,1-4H3. The molecule has 0 spiro atoms. The van der Waals surface area contributed by atoms with Crippen LogP contribution in [-0.4, -0.2) is 0 Å². The van der Waals surface area contributed by atoms with E-state index in [0.29, 0.717) is 0 Å². The summed E-state index contributed by atoms with van der Waals surface area (Å²) in [6.07, 6.45) is 0. The predicted octanol–water partition coefficient (Wildman–Crippen LogP) is 6.06. The van der Waals surface area contributed by atoms with Crippen LogP contribution < -0.4 is 0 Å². The molecule has 100 valence electrons. The summed E-state index contributed by atoms with van der Waals surface area (Å²) in [5.41, 5.74) is 7.94. The number of benzene rings is 2. The van der Waals surface area contributed by atoms with Gasteiger partial charge in [-0.05, 0) is 73.2 Å². The monoisotopic (exact) mass is 336 g/mol. The Balaban J connectivity index is 2.59. The molecule has 1 atom stereocenters. The fourth-order valence-electron chi connectivity index (χ4n) is 2.46. The molecule has 0 bridgehead atoms. The maximum atomic E-state index is 6.10. The van der Waals surface area contributed by atoms with E-state index in [1.807, 2.05) is 18.2 Å². The average Bonchev–Trinajstić information content (AvgIpc) is 2.36. The summed E-state index contributed by atoms with van der Waals surface area (Å²) in [5, 5.41) is 0.779. The lowest BCUT2D eigenvalue weighted by Crippen LogP contribution is -2.03. The highest BCUT2D eigenvalue weighted by atomic mass is 79.9. The first-order valence-corrected chi connectivity index (χ1v) is 7.68. The third-order valence-corrected chi connectivity index (χ3v) is 5.04. The average molecular weight is 338 g/mol. The molecule has 2 aromatic carbocycles. The number of aryl methyl sites for hydroxylation is 2. The third kappa shape index (κ3) is 2.88. The minimum Gasteiger partial charge on any atom is -0.0843 e. The Morgan fingerprint density at radius 2 is 1.53 bits per heavy atom. The van der Waals surface area contributed by atoms with Crippen LogP contribution in [-0.2, 0) is 0 Å². The van der Waals surface area contributed by atoms with E-state index in [2.05, 4.69) is 55.8 Å². The van der Waals surface area contributed by atoms with Gasteiger partial charge in [0.15, 0.2) is 0 Å². The minimum absolute atomic E-state index is 0.185. The van der Waals surface area contributed by atoms with Crippen molar-refractivity contribution in [2.24, 2.45) is 0 Å². The van der Waals surface area contributed by atoms with Gasteiger partial charge in [0, 0.05) is 5.02 Å². The number of hydrogen-bond donors (Lipinski definition) is 0. The molecule has 0 heterocycles. The topological polar surface area (TPSA) is 0 Å². The molecule has 19 heavy (non-hydrogen) atoms. The number of hydrogen-bond acceptors (Lipinski definition) is 0. The Hall–Kier alpha value is -0.790. The molecule has 0 aliphatic carbocycles. The van der Waals surface area contributed by atoms with E-state index in [0.717, 1.165) is 5.02 Å². The van der Waals surface area contributed by atoms with Crippen LogP contribution in [0.1, 0.15) is 38.2 Å². The third-order valence-electron chi connectivity index (χ3n) is 3.82. The minimum atomic E-state index is 0.185. The first kappa shape index (κ1) is 14.6. The van der Waals surface area contributed by atoms with Crippen molar-refractivity contribution in [2.75, 3.05) is 0 Å². The highest BCUT2D eigenvalue weighted by molar-refractivity contribution is 9.09. The largest absolute Gasteiger partial charge is 0.0843 e. The summed E-state index contributed by atoms with van der Waals surface area (Å²) in [6, 6.07) is 10.3. The van der Waals surface area contributed by atoms with Crippen molar-refractivity contribution >= 4 is 27.5 Å². The van der Waals surface area contributed by atoms with Crippen LogP contribution in [0.4, 0.5) is 0 Å². The SMILES string of the molecule is Cc1cc(C)c(C)c(C(Br)c2cccc(Cl)c2)c1C. The van der Waals surface area contributed by atoms with Gasteiger partial charge >= 0.3 is 0 Å². The van der Waals surface area contributed by atoms with Crippen molar-refractivity contribution in [1.82, 2.24) is 0 Å². The predicted molar refractivity (Wildman–Crippen MR) is 87.6 cm³/mol. The summed E-state index contributed by atoms with van der Waals surface area (Å²) in [5.74, 6) is 0. The zero-order valence-electron chi connectivity index (χ0n) is 11.7. The molecule has 0 saturated heterocycles. The van der Waals surface area contributed by atoms with Crippen molar-refractivity contribution in [3.63, 3.8) is 0 Å². The van der Waals surface area contributed by atoms with E-state index in [9.17, 15) is 0 Å². The Morgan fingerprint density at radius 3 is 2.05 bits per heavy atom. The van der Waals surface area contributed by atoms with Gasteiger partial charge in [-0.1, -0.05) is 45.7 Å². The van der Waals surface area contributed by atoms with E-state index in [-0.39, 0.29) is 4.83 Å². The van der Waals surface area contributed by atoms with Crippen LogP contribution in [0, 0.1) is 27.7 Å². The molecule has 1 unspecified atom stereocenters. The molecule has 2 rings (SSSR count). The van der Waals surface area contributed by atoms with E-state index in [4.69, 9.17) is 11.6 Å². The van der Waals surface area contributed by atoms with E-state index in [1.165, 1.54) is 33.4 Å². The van der Waals surface area contributed by atoms with Gasteiger partial charge < -0.3 is 0 Å². The molecule has 0 amide bonds. The molecule has 2 heteroatoms.